The molecular weight excluding hydrogens is 355 g/mol. The van der Waals surface area contributed by atoms with Gasteiger partial charge in [-0.1, -0.05) is 6.07 Å². The normalized spacial score (nSPS) is 13.6. The van der Waals surface area contributed by atoms with E-state index in [1.807, 2.05) is 29.8 Å². The molecule has 0 aliphatic carbocycles. The highest BCUT2D eigenvalue weighted by atomic mass is 19.1. The number of hydrogen-bond acceptors (Lipinski definition) is 5. The Balaban J connectivity index is 1.79. The largest absolute Gasteiger partial charge is 0.368 e. The molecule has 1 aromatic carbocycles. The van der Waals surface area contributed by atoms with Crippen molar-refractivity contribution in [2.24, 2.45) is 4.99 Å². The number of aromatic nitrogens is 4. The minimum atomic E-state index is -0.284. The Kier molecular flexibility index (Phi) is 3.86. The number of aliphatic imine (C=N–C) groups is 1. The van der Waals surface area contributed by atoms with Crippen molar-refractivity contribution in [2.45, 2.75) is 6.92 Å². The number of nitrogens with zero attached hydrogens (tertiary/aromatic N) is 5. The minimum Gasteiger partial charge on any atom is -0.368 e. The van der Waals surface area contributed by atoms with E-state index in [0.29, 0.717) is 11.5 Å². The van der Waals surface area contributed by atoms with E-state index in [9.17, 15) is 4.39 Å². The molecule has 0 unspecified atom stereocenters. The van der Waals surface area contributed by atoms with E-state index < -0.39 is 0 Å². The summed E-state index contributed by atoms with van der Waals surface area (Å²) in [6, 6.07) is 12.2. The zero-order valence-electron chi connectivity index (χ0n) is 15.2. The third-order valence-corrected chi connectivity index (χ3v) is 4.77. The van der Waals surface area contributed by atoms with Crippen LogP contribution in [0.2, 0.25) is 0 Å². The average molecular weight is 372 g/mol. The van der Waals surface area contributed by atoms with Gasteiger partial charge in [0, 0.05) is 35.8 Å². The maximum absolute atomic E-state index is 13.3. The van der Waals surface area contributed by atoms with E-state index >= 15 is 0 Å². The van der Waals surface area contributed by atoms with Crippen molar-refractivity contribution in [3.8, 4) is 22.5 Å². The van der Waals surface area contributed by atoms with E-state index in [2.05, 4.69) is 26.5 Å². The Hall–Kier alpha value is -3.61. The fourth-order valence-corrected chi connectivity index (χ4v) is 3.45. The zero-order chi connectivity index (χ0) is 19.1. The summed E-state index contributed by atoms with van der Waals surface area (Å²) in [7, 11) is 0. The van der Waals surface area contributed by atoms with Crippen LogP contribution in [-0.2, 0) is 0 Å². The molecule has 0 saturated heterocycles. The van der Waals surface area contributed by atoms with Crippen LogP contribution in [0.25, 0.3) is 28.2 Å². The second-order valence-electron chi connectivity index (χ2n) is 6.65. The van der Waals surface area contributed by atoms with E-state index in [0.717, 1.165) is 46.9 Å². The maximum atomic E-state index is 13.3. The van der Waals surface area contributed by atoms with Gasteiger partial charge in [0.25, 0.3) is 0 Å². The van der Waals surface area contributed by atoms with Gasteiger partial charge in [-0.2, -0.15) is 0 Å². The average Bonchev–Trinajstić information content (AvgIpc) is 3.40. The number of benzene rings is 1. The van der Waals surface area contributed by atoms with Crippen LogP contribution in [0.4, 0.5) is 4.39 Å². The van der Waals surface area contributed by atoms with Gasteiger partial charge < -0.3 is 5.32 Å². The molecule has 0 fully saturated rings. The molecule has 1 N–H and O–H groups in total. The third kappa shape index (κ3) is 2.72. The van der Waals surface area contributed by atoms with E-state index in [1.165, 1.54) is 12.1 Å². The number of fused-ring (bicyclic) bond motifs is 1. The summed E-state index contributed by atoms with van der Waals surface area (Å²) in [6.07, 6.45) is 3.59. The first kappa shape index (κ1) is 16.6. The molecule has 1 aliphatic heterocycles. The van der Waals surface area contributed by atoms with Crippen LogP contribution in [-0.4, -0.2) is 38.5 Å². The first-order valence-electron chi connectivity index (χ1n) is 9.06. The second kappa shape index (κ2) is 6.53. The lowest BCUT2D eigenvalue weighted by Crippen LogP contribution is -2.21. The summed E-state index contributed by atoms with van der Waals surface area (Å²) in [6.45, 7) is 3.51. The molecule has 0 amide bonds. The van der Waals surface area contributed by atoms with Gasteiger partial charge in [0.05, 0.1) is 12.1 Å². The predicted octanol–water partition coefficient (Wildman–Crippen LogP) is 3.26. The zero-order valence-corrected chi connectivity index (χ0v) is 15.2. The van der Waals surface area contributed by atoms with Gasteiger partial charge in [-0.25, -0.2) is 13.9 Å². The van der Waals surface area contributed by atoms with E-state index in [4.69, 9.17) is 4.98 Å². The molecule has 3 aromatic heterocycles. The maximum Gasteiger partial charge on any atom is 0.182 e. The highest BCUT2D eigenvalue weighted by molar-refractivity contribution is 6.10. The molecule has 28 heavy (non-hydrogen) atoms. The summed E-state index contributed by atoms with van der Waals surface area (Å²) in [5.74, 6) is 1.07. The van der Waals surface area contributed by atoms with Crippen LogP contribution in [0.1, 0.15) is 11.3 Å². The number of halogens is 1. The van der Waals surface area contributed by atoms with Crippen molar-refractivity contribution in [3.05, 3.63) is 71.9 Å². The van der Waals surface area contributed by atoms with Crippen LogP contribution >= 0.6 is 0 Å². The van der Waals surface area contributed by atoms with Crippen molar-refractivity contribution < 1.29 is 4.39 Å². The molecule has 4 aromatic rings. The Morgan fingerprint density at radius 1 is 1.11 bits per heavy atom. The van der Waals surface area contributed by atoms with Gasteiger partial charge in [-0.15, -0.1) is 5.10 Å². The molecule has 5 rings (SSSR count). The predicted molar refractivity (Wildman–Crippen MR) is 106 cm³/mol. The lowest BCUT2D eigenvalue weighted by atomic mass is 10.0. The number of nitrogens with one attached hydrogen (secondary N) is 1. The fourth-order valence-electron chi connectivity index (χ4n) is 3.45. The first-order chi connectivity index (χ1) is 13.7. The van der Waals surface area contributed by atoms with Gasteiger partial charge in [0.1, 0.15) is 11.7 Å². The Labute approximate surface area is 160 Å². The van der Waals surface area contributed by atoms with E-state index in [-0.39, 0.29) is 5.82 Å². The molecule has 0 bridgehead atoms. The fraction of sp³-hybridized carbons (Fsp3) is 0.143. The van der Waals surface area contributed by atoms with Crippen molar-refractivity contribution in [1.29, 1.82) is 0 Å². The number of hydrogen-bond donors (Lipinski definition) is 1. The Bertz CT molecular complexity index is 1200. The minimum absolute atomic E-state index is 0.284. The second-order valence-corrected chi connectivity index (χ2v) is 6.65. The topological polar surface area (TPSA) is 67.5 Å². The molecule has 0 atom stereocenters. The number of pyridine rings is 2. The summed E-state index contributed by atoms with van der Waals surface area (Å²) in [4.78, 5) is 13.7. The molecule has 7 heteroatoms. The SMILES string of the molecule is Cc1cc(-c2cccnc2)c(C2=NCCN2)c2nc(-c3ccc(F)cc3)nn12. The summed E-state index contributed by atoms with van der Waals surface area (Å²) < 4.78 is 15.1. The Morgan fingerprint density at radius 3 is 2.68 bits per heavy atom. The number of aryl methyl sites for hydroxylation is 1. The van der Waals surface area contributed by atoms with Gasteiger partial charge in [-0.3, -0.25) is 9.98 Å². The van der Waals surface area contributed by atoms with Crippen molar-refractivity contribution in [1.82, 2.24) is 24.9 Å². The van der Waals surface area contributed by atoms with Crippen molar-refractivity contribution in [3.63, 3.8) is 0 Å². The van der Waals surface area contributed by atoms with Crippen LogP contribution < -0.4 is 5.32 Å². The lowest BCUT2D eigenvalue weighted by Gasteiger charge is -2.13. The van der Waals surface area contributed by atoms with Crippen molar-refractivity contribution in [2.75, 3.05) is 13.1 Å². The smallest absolute Gasteiger partial charge is 0.182 e. The number of rotatable bonds is 3. The van der Waals surface area contributed by atoms with Crippen LogP contribution in [0.5, 0.6) is 0 Å². The van der Waals surface area contributed by atoms with Crippen LogP contribution in [0, 0.1) is 12.7 Å². The molecule has 6 nitrogen and oxygen atoms in total. The highest BCUT2D eigenvalue weighted by Crippen LogP contribution is 2.29. The van der Waals surface area contributed by atoms with E-state index in [1.54, 1.807) is 18.3 Å². The lowest BCUT2D eigenvalue weighted by molar-refractivity contribution is 0.628. The monoisotopic (exact) mass is 372 g/mol. The summed E-state index contributed by atoms with van der Waals surface area (Å²) in [5, 5.41) is 8.01. The third-order valence-electron chi connectivity index (χ3n) is 4.77. The van der Waals surface area contributed by atoms with Gasteiger partial charge in [0.2, 0.25) is 0 Å². The summed E-state index contributed by atoms with van der Waals surface area (Å²) in [5.41, 5.74) is 5.31. The van der Waals surface area contributed by atoms with Gasteiger partial charge >= 0.3 is 0 Å². The molecule has 0 saturated carbocycles. The molecule has 1 aliphatic rings. The Morgan fingerprint density at radius 2 is 1.96 bits per heavy atom. The van der Waals surface area contributed by atoms with Gasteiger partial charge in [-0.05, 0) is 48.9 Å². The summed E-state index contributed by atoms with van der Waals surface area (Å²) >= 11 is 0. The highest BCUT2D eigenvalue weighted by Gasteiger charge is 2.22. The quantitative estimate of drug-likeness (QED) is 0.599. The molecule has 0 radical (unpaired) electrons. The molecule has 0 spiro atoms. The first-order valence-corrected chi connectivity index (χ1v) is 9.06. The van der Waals surface area contributed by atoms with Gasteiger partial charge in [0.15, 0.2) is 11.5 Å². The van der Waals surface area contributed by atoms with Crippen LogP contribution in [0.3, 0.4) is 0 Å². The van der Waals surface area contributed by atoms with Crippen LogP contribution in [0.15, 0.2) is 59.9 Å². The molecule has 138 valence electrons. The molecular formula is C21H17FN6. The molecule has 4 heterocycles. The standard InChI is InChI=1S/C21H17FN6/c1-13-11-17(15-3-2-8-23-12-15)18(20-24-9-10-25-20)21-26-19(27-28(13)21)14-4-6-16(22)7-5-14/h2-8,11-12H,9-10H2,1H3,(H,24,25). The van der Waals surface area contributed by atoms with Crippen molar-refractivity contribution >= 4 is 11.5 Å². The number of amidine groups is 1.